The van der Waals surface area contributed by atoms with Crippen LogP contribution >= 0.6 is 15.9 Å². The van der Waals surface area contributed by atoms with Gasteiger partial charge < -0.3 is 5.32 Å². The molecule has 92 valence electrons. The van der Waals surface area contributed by atoms with E-state index in [-0.39, 0.29) is 11.4 Å². The topological polar surface area (TPSA) is 101 Å². The average molecular weight is 312 g/mol. The molecule has 1 aromatic rings. The molecule has 0 aliphatic carbocycles. The number of nitro groups is 1. The van der Waals surface area contributed by atoms with E-state index in [9.17, 15) is 19.7 Å². The Morgan fingerprint density at radius 2 is 2.00 bits per heavy atom. The molecule has 1 saturated heterocycles. The van der Waals surface area contributed by atoms with Crippen LogP contribution in [0.15, 0.2) is 28.4 Å². The first kappa shape index (κ1) is 12.2. The number of rotatable bonds is 2. The summed E-state index contributed by atoms with van der Waals surface area (Å²) >= 11 is 3.05. The fraction of sp³-hybridized carbons (Fsp3) is 0. The average Bonchev–Trinajstić information content (AvgIpc) is 2.60. The number of nitro benzene ring substituents is 1. The second-order valence-electron chi connectivity index (χ2n) is 3.43. The van der Waals surface area contributed by atoms with Crippen molar-refractivity contribution in [3.63, 3.8) is 0 Å². The predicted molar refractivity (Wildman–Crippen MR) is 65.4 cm³/mol. The molecule has 0 bridgehead atoms. The third-order valence-electron chi connectivity index (χ3n) is 2.20. The van der Waals surface area contributed by atoms with Crippen LogP contribution in [0.1, 0.15) is 5.56 Å². The fourth-order valence-electron chi connectivity index (χ4n) is 1.41. The highest BCUT2D eigenvalue weighted by atomic mass is 79.9. The van der Waals surface area contributed by atoms with Crippen molar-refractivity contribution < 1.29 is 14.5 Å². The zero-order valence-corrected chi connectivity index (χ0v) is 10.4. The number of carbonyl (C=O) groups excluding carboxylic acids is 2. The van der Waals surface area contributed by atoms with Crippen LogP contribution in [0, 0.1) is 10.1 Å². The summed E-state index contributed by atoms with van der Waals surface area (Å²) in [4.78, 5) is 32.3. The van der Waals surface area contributed by atoms with Crippen molar-refractivity contribution in [2.75, 3.05) is 0 Å². The third kappa shape index (κ3) is 2.38. The number of halogens is 1. The summed E-state index contributed by atoms with van der Waals surface area (Å²) < 4.78 is 0.342. The molecular weight excluding hydrogens is 306 g/mol. The molecule has 0 unspecified atom stereocenters. The molecule has 0 radical (unpaired) electrons. The molecule has 3 amide bonds. The maximum atomic E-state index is 11.3. The molecule has 18 heavy (non-hydrogen) atoms. The third-order valence-corrected chi connectivity index (χ3v) is 2.87. The van der Waals surface area contributed by atoms with Gasteiger partial charge in [0.25, 0.3) is 11.6 Å². The van der Waals surface area contributed by atoms with Gasteiger partial charge in [-0.2, -0.15) is 0 Å². The van der Waals surface area contributed by atoms with Gasteiger partial charge in [-0.25, -0.2) is 4.79 Å². The van der Waals surface area contributed by atoms with Gasteiger partial charge in [-0.1, -0.05) is 6.07 Å². The van der Waals surface area contributed by atoms with Gasteiger partial charge in [-0.05, 0) is 33.6 Å². The predicted octanol–water partition coefficient (Wildman–Crippen LogP) is 1.54. The fourth-order valence-corrected chi connectivity index (χ4v) is 1.80. The van der Waals surface area contributed by atoms with Crippen LogP contribution in [0.4, 0.5) is 10.5 Å². The van der Waals surface area contributed by atoms with E-state index < -0.39 is 16.9 Å². The van der Waals surface area contributed by atoms with Crippen LogP contribution in [-0.2, 0) is 4.79 Å². The number of hydrogen-bond donors (Lipinski definition) is 2. The smallest absolute Gasteiger partial charge is 0.303 e. The standard InChI is InChI=1S/C10H6BrN3O4/c11-6-2-1-5(4-8(6)14(17)18)3-7-9(15)13-10(16)12-7/h1-4H,(H2,12,13,15,16). The van der Waals surface area contributed by atoms with Crippen molar-refractivity contribution in [1.29, 1.82) is 0 Å². The molecule has 8 heteroatoms. The number of imide groups is 1. The minimum Gasteiger partial charge on any atom is -0.303 e. The first-order valence-corrected chi connectivity index (χ1v) is 5.54. The van der Waals surface area contributed by atoms with Gasteiger partial charge in [0, 0.05) is 6.07 Å². The summed E-state index contributed by atoms with van der Waals surface area (Å²) in [5.41, 5.74) is 0.378. The summed E-state index contributed by atoms with van der Waals surface area (Å²) in [5, 5.41) is 15.1. The van der Waals surface area contributed by atoms with Crippen LogP contribution in [0.5, 0.6) is 0 Å². The summed E-state index contributed by atoms with van der Waals surface area (Å²) in [6.07, 6.45) is 1.36. The highest BCUT2D eigenvalue weighted by Crippen LogP contribution is 2.26. The molecule has 1 aliphatic heterocycles. The molecular formula is C10H6BrN3O4. The SMILES string of the molecule is O=C1NC(=O)C(=Cc2ccc(Br)c([N+](=O)[O-])c2)N1. The zero-order valence-electron chi connectivity index (χ0n) is 8.77. The second kappa shape index (κ2) is 4.57. The molecule has 0 saturated carbocycles. The Morgan fingerprint density at radius 3 is 2.56 bits per heavy atom. The first-order chi connectivity index (χ1) is 8.47. The second-order valence-corrected chi connectivity index (χ2v) is 4.29. The number of nitrogens with zero attached hydrogens (tertiary/aromatic N) is 1. The van der Waals surface area contributed by atoms with Crippen molar-refractivity contribution in [3.05, 3.63) is 44.0 Å². The maximum Gasteiger partial charge on any atom is 0.326 e. The number of urea groups is 1. The van der Waals surface area contributed by atoms with Gasteiger partial charge in [-0.3, -0.25) is 20.2 Å². The molecule has 1 aromatic carbocycles. The number of carbonyl (C=O) groups is 2. The van der Waals surface area contributed by atoms with Crippen LogP contribution in [0.2, 0.25) is 0 Å². The van der Waals surface area contributed by atoms with E-state index in [1.807, 2.05) is 5.32 Å². The lowest BCUT2D eigenvalue weighted by molar-refractivity contribution is -0.385. The van der Waals surface area contributed by atoms with E-state index in [0.717, 1.165) is 0 Å². The van der Waals surface area contributed by atoms with Crippen molar-refractivity contribution in [3.8, 4) is 0 Å². The Bertz CT molecular complexity index is 597. The summed E-state index contributed by atoms with van der Waals surface area (Å²) in [5.74, 6) is -0.564. The minimum atomic E-state index is -0.613. The molecule has 7 nitrogen and oxygen atoms in total. The van der Waals surface area contributed by atoms with Gasteiger partial charge in [0.05, 0.1) is 9.40 Å². The minimum absolute atomic E-state index is 0.0524. The largest absolute Gasteiger partial charge is 0.326 e. The van der Waals surface area contributed by atoms with Gasteiger partial charge in [0.15, 0.2) is 0 Å². The molecule has 0 spiro atoms. The number of hydrogen-bond acceptors (Lipinski definition) is 4. The van der Waals surface area contributed by atoms with E-state index in [2.05, 4.69) is 21.2 Å². The van der Waals surface area contributed by atoms with Crippen molar-refractivity contribution in [2.24, 2.45) is 0 Å². The number of nitrogens with one attached hydrogen (secondary N) is 2. The van der Waals surface area contributed by atoms with Gasteiger partial charge >= 0.3 is 6.03 Å². The van der Waals surface area contributed by atoms with Crippen LogP contribution in [0.3, 0.4) is 0 Å². The molecule has 0 aromatic heterocycles. The Hall–Kier alpha value is -2.22. The molecule has 1 fully saturated rings. The molecule has 1 heterocycles. The Kier molecular flexibility index (Phi) is 3.11. The van der Waals surface area contributed by atoms with Crippen LogP contribution < -0.4 is 10.6 Å². The Labute approximate surface area is 109 Å². The van der Waals surface area contributed by atoms with Crippen molar-refractivity contribution in [2.45, 2.75) is 0 Å². The quantitative estimate of drug-likeness (QED) is 0.374. The van der Waals surface area contributed by atoms with Crippen molar-refractivity contribution in [1.82, 2.24) is 10.6 Å². The van der Waals surface area contributed by atoms with E-state index in [1.54, 1.807) is 6.07 Å². The molecule has 0 atom stereocenters. The number of amides is 3. The zero-order chi connectivity index (χ0) is 13.3. The Balaban J connectivity index is 2.38. The van der Waals surface area contributed by atoms with Gasteiger partial charge in [0.1, 0.15) is 5.70 Å². The first-order valence-electron chi connectivity index (χ1n) is 4.75. The highest BCUT2D eigenvalue weighted by molar-refractivity contribution is 9.10. The summed E-state index contributed by atoms with van der Waals surface area (Å²) in [6, 6.07) is 3.77. The Morgan fingerprint density at radius 1 is 1.28 bits per heavy atom. The highest BCUT2D eigenvalue weighted by Gasteiger charge is 2.23. The lowest BCUT2D eigenvalue weighted by Gasteiger charge is -1.98. The van der Waals surface area contributed by atoms with Crippen LogP contribution in [0.25, 0.3) is 6.08 Å². The normalized spacial score (nSPS) is 16.6. The lowest BCUT2D eigenvalue weighted by atomic mass is 10.1. The molecule has 2 N–H and O–H groups in total. The van der Waals surface area contributed by atoms with Gasteiger partial charge in [0.2, 0.25) is 0 Å². The summed E-state index contributed by atoms with van der Waals surface area (Å²) in [7, 11) is 0. The van der Waals surface area contributed by atoms with Gasteiger partial charge in [-0.15, -0.1) is 0 Å². The van der Waals surface area contributed by atoms with E-state index >= 15 is 0 Å². The monoisotopic (exact) mass is 311 g/mol. The van der Waals surface area contributed by atoms with Crippen molar-refractivity contribution >= 4 is 39.6 Å². The summed E-state index contributed by atoms with van der Waals surface area (Å²) in [6.45, 7) is 0. The maximum absolute atomic E-state index is 11.3. The van der Waals surface area contributed by atoms with E-state index in [1.165, 1.54) is 18.2 Å². The van der Waals surface area contributed by atoms with Crippen LogP contribution in [-0.4, -0.2) is 16.9 Å². The molecule has 2 rings (SSSR count). The number of benzene rings is 1. The van der Waals surface area contributed by atoms with E-state index in [0.29, 0.717) is 10.0 Å². The molecule has 1 aliphatic rings. The van der Waals surface area contributed by atoms with E-state index in [4.69, 9.17) is 0 Å². The lowest BCUT2D eigenvalue weighted by Crippen LogP contribution is -2.22.